The number of hydrogen-bond donors (Lipinski definition) is 1. The number of nitrogens with zero attached hydrogens (tertiary/aromatic N) is 1. The summed E-state index contributed by atoms with van der Waals surface area (Å²) in [6.45, 7) is 15.1. The molecule has 0 atom stereocenters. The van der Waals surface area contributed by atoms with Crippen LogP contribution in [0.4, 0.5) is 0 Å². The molecule has 0 spiro atoms. The quantitative estimate of drug-likeness (QED) is 0.295. The number of likely N-dealkylation sites (N-methyl/N-ethyl adjacent to an activating group) is 1. The first-order chi connectivity index (χ1) is 16.5. The Balaban J connectivity index is 0.000000369. The van der Waals surface area contributed by atoms with E-state index in [0.717, 1.165) is 18.1 Å². The summed E-state index contributed by atoms with van der Waals surface area (Å²) in [5.41, 5.74) is 0. The van der Waals surface area contributed by atoms with Crippen LogP contribution in [0.15, 0.2) is 0 Å². The summed E-state index contributed by atoms with van der Waals surface area (Å²) < 4.78 is 77.6. The zero-order chi connectivity index (χ0) is 28.4. The minimum atomic E-state index is -3.40. The van der Waals surface area contributed by atoms with Gasteiger partial charge in [-0.2, -0.15) is 7.11 Å². The van der Waals surface area contributed by atoms with Crippen molar-refractivity contribution in [2.45, 2.75) is 52.4 Å². The summed E-state index contributed by atoms with van der Waals surface area (Å²) >= 11 is 0. The van der Waals surface area contributed by atoms with Gasteiger partial charge >= 0.3 is 70.4 Å². The molecule has 1 N–H and O–H groups in total. The van der Waals surface area contributed by atoms with Crippen LogP contribution in [0.5, 0.6) is 0 Å². The van der Waals surface area contributed by atoms with Crippen LogP contribution in [0.1, 0.15) is 0 Å². The minimum absolute atomic E-state index is 0.281. The summed E-state index contributed by atoms with van der Waals surface area (Å²) in [4.78, 5) is 0. The molecular weight excluding hydrogens is 631 g/mol. The molecule has 6 rings (SSSR count). The smallest absolute Gasteiger partial charge is 0.475 e. The molecule has 6 saturated heterocycles. The SMILES string of the molecule is C[N+](C)(C)CCO.C[O-].C[Si]12O[Si]3(C)O[Si]4(C)O[Si](C)(O1)O[Si]1(C)O[Si](C)(O2)O[Si](C)(O3)O[Si](C)(O4)O1. The highest BCUT2D eigenvalue weighted by Crippen LogP contribution is 2.47. The molecule has 23 heteroatoms. The highest BCUT2D eigenvalue weighted by atomic mass is 28.6. The molecule has 0 unspecified atom stereocenters. The van der Waals surface area contributed by atoms with Gasteiger partial charge in [0.1, 0.15) is 6.54 Å². The first-order valence-corrected chi connectivity index (χ1v) is 29.6. The molecule has 0 aromatic rings. The fourth-order valence-corrected chi connectivity index (χ4v) is 50.2. The molecule has 15 nitrogen and oxygen atoms in total. The van der Waals surface area contributed by atoms with Crippen molar-refractivity contribution in [1.82, 2.24) is 0 Å². The third kappa shape index (κ3) is 7.70. The van der Waals surface area contributed by atoms with Crippen molar-refractivity contribution in [2.75, 3.05) is 41.4 Å². The van der Waals surface area contributed by atoms with Crippen molar-refractivity contribution < 1.29 is 64.1 Å². The molecule has 0 saturated carbocycles. The molecule has 6 aliphatic heterocycles. The second-order valence-electron chi connectivity index (χ2n) is 10.9. The van der Waals surface area contributed by atoms with Crippen LogP contribution in [-0.4, -0.2) is 121 Å². The zero-order valence-corrected chi connectivity index (χ0v) is 31.6. The van der Waals surface area contributed by atoms with Crippen LogP contribution in [0, 0.1) is 0 Å². The van der Waals surface area contributed by atoms with E-state index in [1.165, 1.54) is 0 Å². The first-order valence-electron chi connectivity index (χ1n) is 11.8. The summed E-state index contributed by atoms with van der Waals surface area (Å²) in [5, 5.41) is 16.6. The first kappa shape index (κ1) is 32.6. The van der Waals surface area contributed by atoms with Gasteiger partial charge in [-0.15, -0.1) is 0 Å². The van der Waals surface area contributed by atoms with Gasteiger partial charge in [-0.25, -0.2) is 0 Å². The van der Waals surface area contributed by atoms with Gasteiger partial charge < -0.3 is 64.1 Å². The molecule has 0 aromatic carbocycles. The van der Waals surface area contributed by atoms with E-state index in [1.54, 1.807) is 52.4 Å². The van der Waals surface area contributed by atoms with Crippen LogP contribution in [0.3, 0.4) is 0 Å². The number of aliphatic hydroxyl groups excluding tert-OH is 1. The molecule has 6 heterocycles. The lowest BCUT2D eigenvalue weighted by atomic mass is 10.5. The maximum absolute atomic E-state index is 8.39. The normalized spacial score (nSPS) is 52.4. The van der Waals surface area contributed by atoms with E-state index >= 15 is 0 Å². The monoisotopic (exact) mass is 671 g/mol. The number of quaternary nitrogens is 1. The second kappa shape index (κ2) is 10.1. The summed E-state index contributed by atoms with van der Waals surface area (Å²) in [6, 6.07) is 0. The van der Waals surface area contributed by atoms with Gasteiger partial charge in [-0.3, -0.25) is 0 Å². The van der Waals surface area contributed by atoms with E-state index in [2.05, 4.69) is 21.1 Å². The molecule has 8 bridgehead atoms. The fraction of sp³-hybridized carbons (Fsp3) is 1.00. The molecule has 6 fully saturated rings. The van der Waals surface area contributed by atoms with Gasteiger partial charge in [-0.1, -0.05) is 0 Å². The highest BCUT2D eigenvalue weighted by molar-refractivity contribution is 7.02. The van der Waals surface area contributed by atoms with Crippen molar-refractivity contribution in [1.29, 1.82) is 0 Å². The van der Waals surface area contributed by atoms with Crippen LogP contribution < -0.4 is 5.11 Å². The predicted octanol–water partition coefficient (Wildman–Crippen LogP) is -0.535. The van der Waals surface area contributed by atoms with Crippen molar-refractivity contribution in [3.05, 3.63) is 0 Å². The topological polar surface area (TPSA) is 154 Å². The van der Waals surface area contributed by atoms with Gasteiger partial charge in [0.15, 0.2) is 0 Å². The van der Waals surface area contributed by atoms with E-state index in [1.807, 2.05) is 0 Å². The minimum Gasteiger partial charge on any atom is -0.857 e. The molecule has 0 aromatic heterocycles. The molecular formula is C14H41NO14Si8. The molecule has 0 amide bonds. The molecule has 0 radical (unpaired) electrons. The van der Waals surface area contributed by atoms with Gasteiger partial charge in [0.05, 0.1) is 27.7 Å². The van der Waals surface area contributed by atoms with Crippen LogP contribution in [0.25, 0.3) is 0 Å². The van der Waals surface area contributed by atoms with Gasteiger partial charge in [0.2, 0.25) is 0 Å². The zero-order valence-electron chi connectivity index (χ0n) is 23.6. The van der Waals surface area contributed by atoms with E-state index in [9.17, 15) is 0 Å². The van der Waals surface area contributed by atoms with E-state index in [-0.39, 0.29) is 6.61 Å². The van der Waals surface area contributed by atoms with E-state index in [4.69, 9.17) is 59.6 Å². The van der Waals surface area contributed by atoms with Crippen molar-refractivity contribution in [2.24, 2.45) is 0 Å². The Hall–Kier alpha value is 1.14. The van der Waals surface area contributed by atoms with E-state index < -0.39 is 70.4 Å². The Labute approximate surface area is 227 Å². The average Bonchev–Trinajstić information content (AvgIpc) is 2.52. The number of hydrogen-bond acceptors (Lipinski definition) is 14. The Morgan fingerprint density at radius 3 is 0.622 bits per heavy atom. The van der Waals surface area contributed by atoms with Gasteiger partial charge in [-0.05, 0) is 0 Å². The molecule has 6 aliphatic rings. The van der Waals surface area contributed by atoms with Crippen LogP contribution in [0.2, 0.25) is 52.4 Å². The van der Waals surface area contributed by atoms with Crippen molar-refractivity contribution in [3.8, 4) is 0 Å². The summed E-state index contributed by atoms with van der Waals surface area (Å²) in [7, 11) is -20.3. The Morgan fingerprint density at radius 2 is 0.568 bits per heavy atom. The molecule has 37 heavy (non-hydrogen) atoms. The van der Waals surface area contributed by atoms with Crippen molar-refractivity contribution >= 4 is 70.4 Å². The van der Waals surface area contributed by atoms with Crippen LogP contribution in [-0.2, 0) is 49.4 Å². The Morgan fingerprint density at radius 1 is 0.432 bits per heavy atom. The summed E-state index contributed by atoms with van der Waals surface area (Å²) in [5.74, 6) is 0. The Bertz CT molecular complexity index is 617. The second-order valence-corrected chi connectivity index (χ2v) is 34.5. The van der Waals surface area contributed by atoms with Gasteiger partial charge in [0.25, 0.3) is 0 Å². The molecule has 218 valence electrons. The summed E-state index contributed by atoms with van der Waals surface area (Å²) in [6.07, 6.45) is 0. The highest BCUT2D eigenvalue weighted by Gasteiger charge is 2.78. The predicted molar refractivity (Wildman–Crippen MR) is 142 cm³/mol. The lowest BCUT2D eigenvalue weighted by Gasteiger charge is -2.60. The Kier molecular flexibility index (Phi) is 8.95. The maximum atomic E-state index is 8.39. The largest absolute Gasteiger partial charge is 0.857 e. The number of rotatable bonds is 2. The average molecular weight is 672 g/mol. The fourth-order valence-electron chi connectivity index (χ4n) is 4.84. The number of aliphatic hydroxyl groups is 1. The third-order valence-corrected chi connectivity index (χ3v) is 40.8. The third-order valence-electron chi connectivity index (χ3n) is 5.22. The van der Waals surface area contributed by atoms with Gasteiger partial charge in [0, 0.05) is 52.4 Å². The standard InChI is InChI=1S/C8H24O12Si8.C5H14NO.CH3O/c1-21-9-22(2)12-25(5)14-23(3,10-21)16-27(7)17-24(4,11-21)15-26(6,13-22)19-28(8,18-25)20-27;1-6(2,3)4-5-7;1-2/h1-8H3;7H,4-5H2,1-3H3;1H3/q;+1;-1. The van der Waals surface area contributed by atoms with Crippen LogP contribution >= 0.6 is 0 Å². The van der Waals surface area contributed by atoms with E-state index in [0.29, 0.717) is 0 Å². The lowest BCUT2D eigenvalue weighted by molar-refractivity contribution is -0.870. The molecule has 0 aliphatic carbocycles. The lowest BCUT2D eigenvalue weighted by Crippen LogP contribution is -2.86. The maximum Gasteiger partial charge on any atom is 0.475 e. The van der Waals surface area contributed by atoms with Crippen molar-refractivity contribution in [3.63, 3.8) is 0 Å².